The number of ether oxygens (including phenoxy) is 3. The summed E-state index contributed by atoms with van der Waals surface area (Å²) in [5.74, 6) is -1.28. The van der Waals surface area contributed by atoms with Crippen LogP contribution in [0, 0.1) is 26.7 Å². The molecule has 0 radical (unpaired) electrons. The third kappa shape index (κ3) is 4.33. The first-order valence-electron chi connectivity index (χ1n) is 14.2. The minimum atomic E-state index is -0.963. The number of rotatable bonds is 5. The summed E-state index contributed by atoms with van der Waals surface area (Å²) in [5, 5.41) is 5.77. The Morgan fingerprint density at radius 2 is 1.55 bits per heavy atom. The standard InChI is InChI=1S/C36H35NO5/c1-19-15-20(2)30(21(3)16-19)25-18-27-34(35(38)33(25)36(39)42-6)31(23-12-14-28(40-4)29(17-23)41-5)32-24-10-8-7-9-22(24)11-13-26(32)37-27/h7-17,25,31,33,37H,18H2,1-6H3. The van der Waals surface area contributed by atoms with Gasteiger partial charge in [-0.3, -0.25) is 9.59 Å². The lowest BCUT2D eigenvalue weighted by Gasteiger charge is -2.40. The van der Waals surface area contributed by atoms with Gasteiger partial charge < -0.3 is 19.5 Å². The van der Waals surface area contributed by atoms with Gasteiger partial charge in [-0.25, -0.2) is 0 Å². The van der Waals surface area contributed by atoms with Crippen LogP contribution in [0.25, 0.3) is 10.8 Å². The lowest BCUT2D eigenvalue weighted by Crippen LogP contribution is -2.41. The highest BCUT2D eigenvalue weighted by atomic mass is 16.5. The molecule has 214 valence electrons. The smallest absolute Gasteiger partial charge is 0.317 e. The van der Waals surface area contributed by atoms with E-state index in [4.69, 9.17) is 14.2 Å². The number of fused-ring (bicyclic) bond motifs is 3. The van der Waals surface area contributed by atoms with E-state index in [2.05, 4.69) is 62.5 Å². The number of Topliss-reactive ketones (excluding diaryl/α,β-unsaturated/α-hetero) is 1. The van der Waals surface area contributed by atoms with Gasteiger partial charge in [-0.05, 0) is 84.0 Å². The van der Waals surface area contributed by atoms with E-state index < -0.39 is 17.8 Å². The Balaban J connectivity index is 1.62. The van der Waals surface area contributed by atoms with Gasteiger partial charge in [0.15, 0.2) is 17.3 Å². The van der Waals surface area contributed by atoms with Crippen molar-refractivity contribution in [3.05, 3.63) is 111 Å². The second-order valence-corrected chi connectivity index (χ2v) is 11.3. The number of carbonyl (C=O) groups excluding carboxylic acids is 2. The summed E-state index contributed by atoms with van der Waals surface area (Å²) in [7, 11) is 4.57. The lowest BCUT2D eigenvalue weighted by atomic mass is 9.65. The number of ketones is 1. The Kier molecular flexibility index (Phi) is 7.01. The number of carbonyl (C=O) groups is 2. The largest absolute Gasteiger partial charge is 0.493 e. The van der Waals surface area contributed by atoms with Gasteiger partial charge in [-0.1, -0.05) is 54.1 Å². The summed E-state index contributed by atoms with van der Waals surface area (Å²) >= 11 is 0. The van der Waals surface area contributed by atoms with Crippen molar-refractivity contribution in [2.45, 2.75) is 39.0 Å². The Labute approximate surface area is 246 Å². The number of methoxy groups -OCH3 is 3. The normalized spacial score (nSPS) is 19.6. The second-order valence-electron chi connectivity index (χ2n) is 11.3. The molecule has 0 saturated heterocycles. The van der Waals surface area contributed by atoms with Crippen LogP contribution in [0.2, 0.25) is 0 Å². The number of allylic oxidation sites excluding steroid dienone is 2. The first kappa shape index (κ1) is 27.6. The topological polar surface area (TPSA) is 73.9 Å². The van der Waals surface area contributed by atoms with E-state index in [0.29, 0.717) is 23.5 Å². The Morgan fingerprint density at radius 3 is 2.24 bits per heavy atom. The molecule has 0 amide bonds. The van der Waals surface area contributed by atoms with Crippen LogP contribution in [0.3, 0.4) is 0 Å². The van der Waals surface area contributed by atoms with Crippen LogP contribution in [-0.2, 0) is 14.3 Å². The maximum absolute atomic E-state index is 14.8. The van der Waals surface area contributed by atoms with Crippen molar-refractivity contribution >= 4 is 28.2 Å². The molecule has 6 nitrogen and oxygen atoms in total. The van der Waals surface area contributed by atoms with Gasteiger partial charge in [0.2, 0.25) is 0 Å². The van der Waals surface area contributed by atoms with Crippen LogP contribution in [0.4, 0.5) is 5.69 Å². The number of aryl methyl sites for hydroxylation is 3. The van der Waals surface area contributed by atoms with Gasteiger partial charge in [0.1, 0.15) is 5.92 Å². The van der Waals surface area contributed by atoms with Crippen molar-refractivity contribution in [1.82, 2.24) is 0 Å². The van der Waals surface area contributed by atoms with Crippen LogP contribution < -0.4 is 14.8 Å². The first-order valence-corrected chi connectivity index (χ1v) is 14.2. The predicted molar refractivity (Wildman–Crippen MR) is 165 cm³/mol. The van der Waals surface area contributed by atoms with Crippen LogP contribution >= 0.6 is 0 Å². The van der Waals surface area contributed by atoms with E-state index in [1.807, 2.05) is 30.3 Å². The quantitative estimate of drug-likeness (QED) is 0.206. The number of anilines is 1. The number of esters is 1. The molecule has 1 heterocycles. The van der Waals surface area contributed by atoms with Gasteiger partial charge in [0, 0.05) is 28.8 Å². The fourth-order valence-corrected chi connectivity index (χ4v) is 7.21. The van der Waals surface area contributed by atoms with Crippen LogP contribution in [0.1, 0.15) is 51.6 Å². The SMILES string of the molecule is COC(=O)C1C(=O)C2=C(CC1c1c(C)cc(C)cc1C)Nc1ccc3ccccc3c1C2c1ccc(OC)c(OC)c1. The minimum absolute atomic E-state index is 0.210. The van der Waals surface area contributed by atoms with Crippen molar-refractivity contribution < 1.29 is 23.8 Å². The Bertz CT molecular complexity index is 1760. The molecule has 1 aliphatic heterocycles. The molecule has 0 bridgehead atoms. The molecule has 4 aromatic carbocycles. The molecule has 42 heavy (non-hydrogen) atoms. The van der Waals surface area contributed by atoms with Crippen LogP contribution in [-0.4, -0.2) is 33.1 Å². The van der Waals surface area contributed by atoms with E-state index in [-0.39, 0.29) is 11.7 Å². The fourth-order valence-electron chi connectivity index (χ4n) is 7.21. The molecule has 3 atom stereocenters. The molecular formula is C36H35NO5. The Morgan fingerprint density at radius 1 is 0.833 bits per heavy atom. The maximum Gasteiger partial charge on any atom is 0.317 e. The molecule has 4 aromatic rings. The van der Waals surface area contributed by atoms with Gasteiger partial charge in [0.25, 0.3) is 0 Å². The van der Waals surface area contributed by atoms with Gasteiger partial charge >= 0.3 is 5.97 Å². The van der Waals surface area contributed by atoms with E-state index in [1.54, 1.807) is 14.2 Å². The first-order chi connectivity index (χ1) is 20.3. The van der Waals surface area contributed by atoms with E-state index in [1.165, 1.54) is 7.11 Å². The fraction of sp³-hybridized carbons (Fsp3) is 0.278. The number of hydrogen-bond donors (Lipinski definition) is 1. The molecule has 6 rings (SSSR count). The summed E-state index contributed by atoms with van der Waals surface area (Å²) in [5.41, 5.74) is 8.60. The average molecular weight is 562 g/mol. The maximum atomic E-state index is 14.8. The highest BCUT2D eigenvalue weighted by molar-refractivity contribution is 6.13. The highest BCUT2D eigenvalue weighted by Crippen LogP contribution is 2.53. The van der Waals surface area contributed by atoms with Gasteiger partial charge in [-0.15, -0.1) is 0 Å². The van der Waals surface area contributed by atoms with Crippen molar-refractivity contribution in [2.24, 2.45) is 5.92 Å². The summed E-state index contributed by atoms with van der Waals surface area (Å²) in [6, 6.07) is 22.4. The second kappa shape index (κ2) is 10.7. The van der Waals surface area contributed by atoms with Gasteiger partial charge in [0.05, 0.1) is 21.3 Å². The molecule has 0 spiro atoms. The van der Waals surface area contributed by atoms with Crippen molar-refractivity contribution in [3.63, 3.8) is 0 Å². The average Bonchev–Trinajstić information content (AvgIpc) is 2.98. The summed E-state index contributed by atoms with van der Waals surface area (Å²) < 4.78 is 16.5. The molecule has 2 aliphatic rings. The molecule has 6 heteroatoms. The minimum Gasteiger partial charge on any atom is -0.493 e. The van der Waals surface area contributed by atoms with Gasteiger partial charge in [-0.2, -0.15) is 0 Å². The summed E-state index contributed by atoms with van der Waals surface area (Å²) in [4.78, 5) is 28.3. The zero-order valence-electron chi connectivity index (χ0n) is 24.8. The predicted octanol–water partition coefficient (Wildman–Crippen LogP) is 7.14. The van der Waals surface area contributed by atoms with Crippen molar-refractivity contribution in [1.29, 1.82) is 0 Å². The van der Waals surface area contributed by atoms with E-state index in [9.17, 15) is 9.59 Å². The zero-order valence-corrected chi connectivity index (χ0v) is 24.8. The third-order valence-corrected chi connectivity index (χ3v) is 8.84. The number of hydrogen-bond acceptors (Lipinski definition) is 6. The van der Waals surface area contributed by atoms with Crippen LogP contribution in [0.15, 0.2) is 78.0 Å². The lowest BCUT2D eigenvalue weighted by molar-refractivity contribution is -0.149. The summed E-state index contributed by atoms with van der Waals surface area (Å²) in [6.45, 7) is 6.17. The van der Waals surface area contributed by atoms with Crippen molar-refractivity contribution in [2.75, 3.05) is 26.6 Å². The molecule has 0 aromatic heterocycles. The molecule has 0 fully saturated rings. The monoisotopic (exact) mass is 561 g/mol. The zero-order chi connectivity index (χ0) is 29.7. The summed E-state index contributed by atoms with van der Waals surface area (Å²) in [6.07, 6.45) is 0.502. The molecule has 3 unspecified atom stereocenters. The molecular weight excluding hydrogens is 526 g/mol. The third-order valence-electron chi connectivity index (χ3n) is 8.84. The van der Waals surface area contributed by atoms with Crippen LogP contribution in [0.5, 0.6) is 11.5 Å². The van der Waals surface area contributed by atoms with E-state index >= 15 is 0 Å². The molecule has 1 aliphatic carbocycles. The number of benzene rings is 4. The molecule has 0 saturated carbocycles. The van der Waals surface area contributed by atoms with E-state index in [0.717, 1.165) is 55.5 Å². The number of nitrogens with one attached hydrogen (secondary N) is 1. The Hall–Kier alpha value is -4.58. The molecule has 1 N–H and O–H groups in total. The van der Waals surface area contributed by atoms with Crippen molar-refractivity contribution in [3.8, 4) is 11.5 Å². The highest BCUT2D eigenvalue weighted by Gasteiger charge is 2.48.